The molecule has 1 aromatic heterocycles. The van der Waals surface area contributed by atoms with Crippen LogP contribution >= 0.6 is 11.8 Å². The van der Waals surface area contributed by atoms with Gasteiger partial charge in [0.15, 0.2) is 0 Å². The Kier molecular flexibility index (Phi) is 4.26. The SMILES string of the molecule is CC(C)c1c(N)ncnc1SCC1CCCC1. The van der Waals surface area contributed by atoms with Gasteiger partial charge in [-0.15, -0.1) is 11.8 Å². The molecular formula is C13H21N3S. The van der Waals surface area contributed by atoms with Crippen molar-refractivity contribution in [1.29, 1.82) is 0 Å². The molecule has 1 aliphatic carbocycles. The maximum Gasteiger partial charge on any atom is 0.131 e. The van der Waals surface area contributed by atoms with Gasteiger partial charge in [-0.1, -0.05) is 26.7 Å². The molecule has 1 fully saturated rings. The number of hydrogen-bond donors (Lipinski definition) is 1. The van der Waals surface area contributed by atoms with Crippen LogP contribution in [0.3, 0.4) is 0 Å². The van der Waals surface area contributed by atoms with Crippen LogP contribution in [0, 0.1) is 5.92 Å². The average Bonchev–Trinajstić information content (AvgIpc) is 2.78. The number of nitrogens with two attached hydrogens (primary N) is 1. The lowest BCUT2D eigenvalue weighted by molar-refractivity contribution is 0.622. The number of aromatic nitrogens is 2. The molecule has 0 radical (unpaired) electrons. The Morgan fingerprint density at radius 3 is 2.71 bits per heavy atom. The molecule has 2 N–H and O–H groups in total. The maximum absolute atomic E-state index is 5.94. The summed E-state index contributed by atoms with van der Waals surface area (Å²) >= 11 is 1.86. The van der Waals surface area contributed by atoms with Gasteiger partial charge in [0.1, 0.15) is 17.2 Å². The van der Waals surface area contributed by atoms with Crippen molar-refractivity contribution < 1.29 is 0 Å². The molecule has 0 unspecified atom stereocenters. The molecular weight excluding hydrogens is 230 g/mol. The van der Waals surface area contributed by atoms with Gasteiger partial charge in [0, 0.05) is 11.3 Å². The van der Waals surface area contributed by atoms with E-state index in [4.69, 9.17) is 5.73 Å². The van der Waals surface area contributed by atoms with Crippen LogP contribution in [-0.4, -0.2) is 15.7 Å². The van der Waals surface area contributed by atoms with E-state index in [0.717, 1.165) is 16.5 Å². The monoisotopic (exact) mass is 251 g/mol. The summed E-state index contributed by atoms with van der Waals surface area (Å²) in [5.74, 6) is 3.08. The zero-order valence-electron chi connectivity index (χ0n) is 10.6. The molecule has 0 atom stereocenters. The summed E-state index contributed by atoms with van der Waals surface area (Å²) in [5.41, 5.74) is 7.06. The summed E-state index contributed by atoms with van der Waals surface area (Å²) in [6, 6.07) is 0. The van der Waals surface area contributed by atoms with E-state index in [-0.39, 0.29) is 0 Å². The van der Waals surface area contributed by atoms with Gasteiger partial charge < -0.3 is 5.73 Å². The molecule has 4 heteroatoms. The van der Waals surface area contributed by atoms with Crippen LogP contribution in [0.1, 0.15) is 51.0 Å². The van der Waals surface area contributed by atoms with Crippen molar-refractivity contribution in [2.45, 2.75) is 50.5 Å². The highest BCUT2D eigenvalue weighted by molar-refractivity contribution is 7.99. The highest BCUT2D eigenvalue weighted by atomic mass is 32.2. The van der Waals surface area contributed by atoms with Gasteiger partial charge in [-0.05, 0) is 24.7 Å². The summed E-state index contributed by atoms with van der Waals surface area (Å²) in [6.45, 7) is 4.30. The van der Waals surface area contributed by atoms with E-state index in [1.807, 2.05) is 11.8 Å². The lowest BCUT2D eigenvalue weighted by atomic mass is 10.1. The van der Waals surface area contributed by atoms with Crippen LogP contribution in [0.2, 0.25) is 0 Å². The summed E-state index contributed by atoms with van der Waals surface area (Å²) in [5, 5.41) is 1.08. The first kappa shape index (κ1) is 12.7. The van der Waals surface area contributed by atoms with E-state index >= 15 is 0 Å². The largest absolute Gasteiger partial charge is 0.383 e. The Labute approximate surface area is 108 Å². The minimum atomic E-state index is 0.391. The number of nitrogen functional groups attached to an aromatic ring is 1. The molecule has 0 aliphatic heterocycles. The summed E-state index contributed by atoms with van der Waals surface area (Å²) in [7, 11) is 0. The molecule has 0 saturated heterocycles. The molecule has 0 amide bonds. The fourth-order valence-electron chi connectivity index (χ4n) is 2.42. The van der Waals surface area contributed by atoms with Crippen molar-refractivity contribution in [3.63, 3.8) is 0 Å². The summed E-state index contributed by atoms with van der Waals surface area (Å²) in [4.78, 5) is 8.49. The highest BCUT2D eigenvalue weighted by Crippen LogP contribution is 2.34. The summed E-state index contributed by atoms with van der Waals surface area (Å²) in [6.07, 6.45) is 7.13. The van der Waals surface area contributed by atoms with E-state index in [1.165, 1.54) is 31.4 Å². The second kappa shape index (κ2) is 5.71. The van der Waals surface area contributed by atoms with Crippen LogP contribution in [0.15, 0.2) is 11.4 Å². The molecule has 2 rings (SSSR count). The molecule has 0 bridgehead atoms. The van der Waals surface area contributed by atoms with E-state index < -0.39 is 0 Å². The van der Waals surface area contributed by atoms with Crippen molar-refractivity contribution in [2.24, 2.45) is 5.92 Å². The van der Waals surface area contributed by atoms with E-state index in [9.17, 15) is 0 Å². The van der Waals surface area contributed by atoms with Gasteiger partial charge in [0.25, 0.3) is 0 Å². The number of thioether (sulfide) groups is 1. The fourth-order valence-corrected chi connectivity index (χ4v) is 3.77. The molecule has 1 aliphatic rings. The molecule has 3 nitrogen and oxygen atoms in total. The minimum absolute atomic E-state index is 0.391. The van der Waals surface area contributed by atoms with Gasteiger partial charge in [0.05, 0.1) is 0 Å². The standard InChI is InChI=1S/C13H21N3S/c1-9(2)11-12(14)15-8-16-13(11)17-7-10-5-3-4-6-10/h8-10H,3-7H2,1-2H3,(H2,14,15,16). The first-order valence-corrected chi connectivity index (χ1v) is 7.40. The van der Waals surface area contributed by atoms with Crippen molar-refractivity contribution in [3.8, 4) is 0 Å². The molecule has 1 aromatic rings. The van der Waals surface area contributed by atoms with Gasteiger partial charge in [-0.3, -0.25) is 0 Å². The summed E-state index contributed by atoms with van der Waals surface area (Å²) < 4.78 is 0. The second-order valence-corrected chi connectivity index (χ2v) is 6.10. The van der Waals surface area contributed by atoms with E-state index in [2.05, 4.69) is 23.8 Å². The van der Waals surface area contributed by atoms with Crippen molar-refractivity contribution >= 4 is 17.6 Å². The van der Waals surface area contributed by atoms with Crippen LogP contribution in [0.25, 0.3) is 0 Å². The number of anilines is 1. The van der Waals surface area contributed by atoms with Crippen LogP contribution < -0.4 is 5.73 Å². The zero-order valence-corrected chi connectivity index (χ0v) is 11.5. The van der Waals surface area contributed by atoms with E-state index in [0.29, 0.717) is 11.7 Å². The molecule has 1 heterocycles. The minimum Gasteiger partial charge on any atom is -0.383 e. The van der Waals surface area contributed by atoms with Gasteiger partial charge in [-0.2, -0.15) is 0 Å². The highest BCUT2D eigenvalue weighted by Gasteiger charge is 2.18. The molecule has 1 saturated carbocycles. The first-order valence-electron chi connectivity index (χ1n) is 6.41. The number of nitrogens with zero attached hydrogens (tertiary/aromatic N) is 2. The van der Waals surface area contributed by atoms with E-state index in [1.54, 1.807) is 6.33 Å². The first-order chi connectivity index (χ1) is 8.18. The molecule has 17 heavy (non-hydrogen) atoms. The zero-order chi connectivity index (χ0) is 12.3. The topological polar surface area (TPSA) is 51.8 Å². The third-order valence-corrected chi connectivity index (χ3v) is 4.62. The molecule has 0 aromatic carbocycles. The molecule has 94 valence electrons. The Bertz CT molecular complexity index is 373. The maximum atomic E-state index is 5.94. The number of hydrogen-bond acceptors (Lipinski definition) is 4. The predicted octanol–water partition coefficient (Wildman–Crippen LogP) is 3.46. The Hall–Kier alpha value is -0.770. The number of rotatable bonds is 4. The van der Waals surface area contributed by atoms with Crippen molar-refractivity contribution in [2.75, 3.05) is 11.5 Å². The van der Waals surface area contributed by atoms with Crippen molar-refractivity contribution in [3.05, 3.63) is 11.9 Å². The third-order valence-electron chi connectivity index (χ3n) is 3.39. The predicted molar refractivity (Wildman–Crippen MR) is 73.2 cm³/mol. The smallest absolute Gasteiger partial charge is 0.131 e. The van der Waals surface area contributed by atoms with Crippen LogP contribution in [0.5, 0.6) is 0 Å². The Morgan fingerprint density at radius 2 is 2.06 bits per heavy atom. The van der Waals surface area contributed by atoms with Crippen molar-refractivity contribution in [1.82, 2.24) is 9.97 Å². The van der Waals surface area contributed by atoms with Crippen LogP contribution in [0.4, 0.5) is 5.82 Å². The van der Waals surface area contributed by atoms with Gasteiger partial charge >= 0.3 is 0 Å². The quantitative estimate of drug-likeness (QED) is 0.657. The third kappa shape index (κ3) is 3.12. The lowest BCUT2D eigenvalue weighted by Gasteiger charge is -2.14. The second-order valence-electron chi connectivity index (χ2n) is 5.09. The van der Waals surface area contributed by atoms with Gasteiger partial charge in [0.2, 0.25) is 0 Å². The Morgan fingerprint density at radius 1 is 1.35 bits per heavy atom. The van der Waals surface area contributed by atoms with Gasteiger partial charge in [-0.25, -0.2) is 9.97 Å². The fraction of sp³-hybridized carbons (Fsp3) is 0.692. The average molecular weight is 251 g/mol. The molecule has 0 spiro atoms. The lowest BCUT2D eigenvalue weighted by Crippen LogP contribution is -2.05. The van der Waals surface area contributed by atoms with Crippen LogP contribution in [-0.2, 0) is 0 Å². The normalized spacial score (nSPS) is 16.9. The Balaban J connectivity index is 2.06.